The zero-order valence-corrected chi connectivity index (χ0v) is 11.7. The second-order valence-electron chi connectivity index (χ2n) is 4.67. The molecule has 2 amide bonds. The molecule has 2 heterocycles. The summed E-state index contributed by atoms with van der Waals surface area (Å²) in [4.78, 5) is 30.5. The topological polar surface area (TPSA) is 104 Å². The van der Waals surface area contributed by atoms with Crippen molar-refractivity contribution in [2.75, 3.05) is 10.6 Å². The Morgan fingerprint density at radius 2 is 2.10 bits per heavy atom. The minimum atomic E-state index is -1.11. The number of carboxylic acid groups (broad SMARTS) is 1. The van der Waals surface area contributed by atoms with Gasteiger partial charge in [-0.25, -0.2) is 19.6 Å². The number of carbonyl (C=O) groups is 2. The number of amides is 2. The predicted octanol–water partition coefficient (Wildman–Crippen LogP) is 2.76. The maximum absolute atomic E-state index is 11.8. The highest BCUT2D eigenvalue weighted by atomic mass is 32.1. The third-order valence-electron chi connectivity index (χ3n) is 2.98. The number of anilines is 2. The molecule has 1 fully saturated rings. The highest BCUT2D eigenvalue weighted by Crippen LogP contribution is 2.40. The van der Waals surface area contributed by atoms with E-state index in [1.165, 1.54) is 29.7 Å². The van der Waals surface area contributed by atoms with Crippen LogP contribution in [0.5, 0.6) is 0 Å². The Hall–Kier alpha value is -2.48. The van der Waals surface area contributed by atoms with Crippen LogP contribution in [0.4, 0.5) is 15.6 Å². The smallest absolute Gasteiger partial charge is 0.354 e. The van der Waals surface area contributed by atoms with Gasteiger partial charge in [0.05, 0.1) is 17.6 Å². The highest BCUT2D eigenvalue weighted by Gasteiger charge is 2.26. The van der Waals surface area contributed by atoms with Crippen molar-refractivity contribution in [2.24, 2.45) is 0 Å². The number of thiazole rings is 1. The standard InChI is InChI=1S/C13H12N4O3S/c18-11(19)9-4-3-8(5-14-9)15-12(20)17-13-16-10(6-21-13)7-1-2-7/h3-7H,1-2H2,(H,18,19)(H2,15,16,17,20). The van der Waals surface area contributed by atoms with Crippen molar-refractivity contribution in [2.45, 2.75) is 18.8 Å². The van der Waals surface area contributed by atoms with Crippen LogP contribution < -0.4 is 10.6 Å². The molecule has 7 nitrogen and oxygen atoms in total. The Morgan fingerprint density at radius 3 is 2.71 bits per heavy atom. The van der Waals surface area contributed by atoms with Crippen LogP contribution in [0.15, 0.2) is 23.7 Å². The summed E-state index contributed by atoms with van der Waals surface area (Å²) in [6.07, 6.45) is 3.62. The Balaban J connectivity index is 1.58. The van der Waals surface area contributed by atoms with Crippen LogP contribution in [0, 0.1) is 0 Å². The lowest BCUT2D eigenvalue weighted by atomic mass is 10.3. The molecule has 0 saturated heterocycles. The van der Waals surface area contributed by atoms with E-state index in [9.17, 15) is 9.59 Å². The van der Waals surface area contributed by atoms with Crippen molar-refractivity contribution in [3.05, 3.63) is 35.1 Å². The van der Waals surface area contributed by atoms with Crippen molar-refractivity contribution >= 4 is 34.2 Å². The molecule has 2 aromatic rings. The molecule has 1 aliphatic rings. The lowest BCUT2D eigenvalue weighted by Crippen LogP contribution is -2.19. The van der Waals surface area contributed by atoms with Crippen LogP contribution in [0.3, 0.4) is 0 Å². The number of rotatable bonds is 4. The summed E-state index contributed by atoms with van der Waals surface area (Å²) in [6.45, 7) is 0. The van der Waals surface area contributed by atoms with Gasteiger partial charge in [-0.3, -0.25) is 5.32 Å². The van der Waals surface area contributed by atoms with Gasteiger partial charge in [-0.15, -0.1) is 11.3 Å². The molecule has 1 saturated carbocycles. The number of hydrogen-bond donors (Lipinski definition) is 3. The Morgan fingerprint density at radius 1 is 1.29 bits per heavy atom. The molecule has 0 aliphatic heterocycles. The molecule has 0 unspecified atom stereocenters. The fraction of sp³-hybridized carbons (Fsp3) is 0.231. The van der Waals surface area contributed by atoms with Gasteiger partial charge in [0.1, 0.15) is 5.69 Å². The third kappa shape index (κ3) is 3.34. The quantitative estimate of drug-likeness (QED) is 0.805. The second kappa shape index (κ2) is 5.49. The van der Waals surface area contributed by atoms with E-state index in [0.29, 0.717) is 16.7 Å². The minimum Gasteiger partial charge on any atom is -0.477 e. The molecular formula is C13H12N4O3S. The molecule has 8 heteroatoms. The summed E-state index contributed by atoms with van der Waals surface area (Å²) in [6, 6.07) is 2.37. The van der Waals surface area contributed by atoms with E-state index in [0.717, 1.165) is 18.5 Å². The van der Waals surface area contributed by atoms with Crippen molar-refractivity contribution < 1.29 is 14.7 Å². The molecular weight excluding hydrogens is 292 g/mol. The molecule has 2 aromatic heterocycles. The summed E-state index contributed by atoms with van der Waals surface area (Å²) >= 11 is 1.39. The zero-order valence-electron chi connectivity index (χ0n) is 10.9. The van der Waals surface area contributed by atoms with E-state index >= 15 is 0 Å². The van der Waals surface area contributed by atoms with Crippen LogP contribution in [-0.2, 0) is 0 Å². The minimum absolute atomic E-state index is 0.0741. The maximum Gasteiger partial charge on any atom is 0.354 e. The normalized spacial score (nSPS) is 13.7. The van der Waals surface area contributed by atoms with Gasteiger partial charge in [-0.2, -0.15) is 0 Å². The van der Waals surface area contributed by atoms with Gasteiger partial charge in [0, 0.05) is 11.3 Å². The molecule has 0 spiro atoms. The number of nitrogens with zero attached hydrogens (tertiary/aromatic N) is 2. The summed E-state index contributed by atoms with van der Waals surface area (Å²) in [5, 5.41) is 16.5. The van der Waals surface area contributed by atoms with Crippen molar-refractivity contribution in [1.82, 2.24) is 9.97 Å². The zero-order chi connectivity index (χ0) is 14.8. The first-order valence-electron chi connectivity index (χ1n) is 6.34. The van der Waals surface area contributed by atoms with Crippen molar-refractivity contribution in [3.63, 3.8) is 0 Å². The first-order valence-corrected chi connectivity index (χ1v) is 7.22. The van der Waals surface area contributed by atoms with Gasteiger partial charge >= 0.3 is 12.0 Å². The summed E-state index contributed by atoms with van der Waals surface area (Å²) in [5.41, 5.74) is 1.37. The fourth-order valence-corrected chi connectivity index (χ4v) is 2.55. The Bertz CT molecular complexity index is 679. The fourth-order valence-electron chi connectivity index (χ4n) is 1.76. The van der Waals surface area contributed by atoms with E-state index in [2.05, 4.69) is 20.6 Å². The van der Waals surface area contributed by atoms with E-state index in [4.69, 9.17) is 5.11 Å². The molecule has 0 bridgehead atoms. The Labute approximate surface area is 124 Å². The monoisotopic (exact) mass is 304 g/mol. The first kappa shape index (κ1) is 13.5. The number of urea groups is 1. The van der Waals surface area contributed by atoms with Crippen LogP contribution in [0.25, 0.3) is 0 Å². The molecule has 108 valence electrons. The molecule has 0 aromatic carbocycles. The third-order valence-corrected chi connectivity index (χ3v) is 3.75. The Kier molecular flexibility index (Phi) is 3.53. The van der Waals surface area contributed by atoms with Crippen LogP contribution >= 0.6 is 11.3 Å². The average Bonchev–Trinajstić information content (AvgIpc) is 3.20. The number of carboxylic acids is 1. The molecule has 1 aliphatic carbocycles. The summed E-state index contributed by atoms with van der Waals surface area (Å²) in [5.74, 6) is -0.561. The van der Waals surface area contributed by atoms with Gasteiger partial charge < -0.3 is 10.4 Å². The second-order valence-corrected chi connectivity index (χ2v) is 5.53. The number of carbonyl (C=O) groups excluding carboxylic acids is 1. The van der Waals surface area contributed by atoms with E-state index < -0.39 is 12.0 Å². The van der Waals surface area contributed by atoms with Gasteiger partial charge in [0.15, 0.2) is 5.13 Å². The lowest BCUT2D eigenvalue weighted by molar-refractivity contribution is 0.0690. The summed E-state index contributed by atoms with van der Waals surface area (Å²) in [7, 11) is 0. The lowest BCUT2D eigenvalue weighted by Gasteiger charge is -2.05. The molecule has 21 heavy (non-hydrogen) atoms. The molecule has 3 N–H and O–H groups in total. The average molecular weight is 304 g/mol. The van der Waals surface area contributed by atoms with Gasteiger partial charge in [-0.05, 0) is 25.0 Å². The van der Waals surface area contributed by atoms with Gasteiger partial charge in [0.2, 0.25) is 0 Å². The molecule has 0 radical (unpaired) electrons. The van der Waals surface area contributed by atoms with E-state index in [1.54, 1.807) is 0 Å². The number of nitrogens with one attached hydrogen (secondary N) is 2. The highest BCUT2D eigenvalue weighted by molar-refractivity contribution is 7.14. The predicted molar refractivity (Wildman–Crippen MR) is 77.9 cm³/mol. The van der Waals surface area contributed by atoms with Crippen LogP contribution in [0.2, 0.25) is 0 Å². The maximum atomic E-state index is 11.8. The number of aromatic carboxylic acids is 1. The van der Waals surface area contributed by atoms with E-state index in [-0.39, 0.29) is 5.69 Å². The van der Waals surface area contributed by atoms with Gasteiger partial charge in [-0.1, -0.05) is 0 Å². The number of aromatic nitrogens is 2. The first-order chi connectivity index (χ1) is 10.1. The number of pyridine rings is 1. The SMILES string of the molecule is O=C(Nc1ccc(C(=O)O)nc1)Nc1nc(C2CC2)cs1. The number of hydrogen-bond acceptors (Lipinski definition) is 5. The van der Waals surface area contributed by atoms with E-state index in [1.807, 2.05) is 5.38 Å². The molecule has 3 rings (SSSR count). The largest absolute Gasteiger partial charge is 0.477 e. The van der Waals surface area contributed by atoms with Crippen LogP contribution in [0.1, 0.15) is 34.9 Å². The van der Waals surface area contributed by atoms with Crippen molar-refractivity contribution in [1.29, 1.82) is 0 Å². The summed E-state index contributed by atoms with van der Waals surface area (Å²) < 4.78 is 0. The van der Waals surface area contributed by atoms with Crippen molar-refractivity contribution in [3.8, 4) is 0 Å². The molecule has 0 atom stereocenters. The van der Waals surface area contributed by atoms with Crippen LogP contribution in [-0.4, -0.2) is 27.1 Å². The van der Waals surface area contributed by atoms with Gasteiger partial charge in [0.25, 0.3) is 0 Å².